The SMILES string of the molecule is CC(O)c1cc(Cl)ccc1OCc1cc(Br)cs1. The summed E-state index contributed by atoms with van der Waals surface area (Å²) >= 11 is 10.9. The lowest BCUT2D eigenvalue weighted by Gasteiger charge is -2.13. The molecule has 0 saturated heterocycles. The van der Waals surface area contributed by atoms with Crippen molar-refractivity contribution in [1.82, 2.24) is 0 Å². The molecule has 0 aliphatic rings. The summed E-state index contributed by atoms with van der Waals surface area (Å²) in [6, 6.07) is 7.29. The zero-order valence-electron chi connectivity index (χ0n) is 9.69. The van der Waals surface area contributed by atoms with Crippen molar-refractivity contribution < 1.29 is 9.84 Å². The van der Waals surface area contributed by atoms with Crippen molar-refractivity contribution in [3.8, 4) is 5.75 Å². The molecule has 0 fully saturated rings. The average Bonchev–Trinajstić information content (AvgIpc) is 2.73. The highest BCUT2D eigenvalue weighted by atomic mass is 79.9. The van der Waals surface area contributed by atoms with Gasteiger partial charge in [-0.05, 0) is 47.1 Å². The first-order chi connectivity index (χ1) is 8.56. The number of benzene rings is 1. The third kappa shape index (κ3) is 3.48. The molecule has 0 aliphatic carbocycles. The molecule has 18 heavy (non-hydrogen) atoms. The van der Waals surface area contributed by atoms with Crippen LogP contribution in [-0.4, -0.2) is 5.11 Å². The molecular formula is C13H12BrClO2S. The molecule has 1 atom stereocenters. The van der Waals surface area contributed by atoms with E-state index in [1.807, 2.05) is 11.4 Å². The van der Waals surface area contributed by atoms with Crippen molar-refractivity contribution in [2.75, 3.05) is 0 Å². The van der Waals surface area contributed by atoms with Gasteiger partial charge in [0.1, 0.15) is 12.4 Å². The van der Waals surface area contributed by atoms with E-state index in [2.05, 4.69) is 15.9 Å². The number of aliphatic hydroxyl groups is 1. The molecule has 0 spiro atoms. The van der Waals surface area contributed by atoms with Gasteiger partial charge in [0.15, 0.2) is 0 Å². The molecule has 96 valence electrons. The monoisotopic (exact) mass is 346 g/mol. The highest BCUT2D eigenvalue weighted by Gasteiger charge is 2.10. The third-order valence-electron chi connectivity index (χ3n) is 2.41. The maximum absolute atomic E-state index is 9.69. The standard InChI is InChI=1S/C13H12BrClO2S/c1-8(16)12-5-10(15)2-3-13(12)17-6-11-4-9(14)7-18-11/h2-5,7-8,16H,6H2,1H3. The second-order valence-electron chi connectivity index (χ2n) is 3.88. The van der Waals surface area contributed by atoms with Crippen molar-refractivity contribution in [2.45, 2.75) is 19.6 Å². The predicted molar refractivity (Wildman–Crippen MR) is 78.4 cm³/mol. The number of thiophene rings is 1. The Morgan fingerprint density at radius 2 is 2.22 bits per heavy atom. The van der Waals surface area contributed by atoms with E-state index in [0.29, 0.717) is 22.9 Å². The summed E-state index contributed by atoms with van der Waals surface area (Å²) in [4.78, 5) is 1.12. The molecule has 2 rings (SSSR count). The number of ether oxygens (including phenoxy) is 1. The second-order valence-corrected chi connectivity index (χ2v) is 6.23. The van der Waals surface area contributed by atoms with Gasteiger partial charge in [-0.25, -0.2) is 0 Å². The minimum absolute atomic E-state index is 0.484. The highest BCUT2D eigenvalue weighted by Crippen LogP contribution is 2.29. The first-order valence-electron chi connectivity index (χ1n) is 5.39. The Balaban J connectivity index is 2.13. The second kappa shape index (κ2) is 6.06. The molecule has 1 N–H and O–H groups in total. The summed E-state index contributed by atoms with van der Waals surface area (Å²) in [6.07, 6.45) is -0.603. The largest absolute Gasteiger partial charge is 0.488 e. The van der Waals surface area contributed by atoms with Gasteiger partial charge < -0.3 is 9.84 Å². The van der Waals surface area contributed by atoms with Crippen LogP contribution < -0.4 is 4.74 Å². The van der Waals surface area contributed by atoms with Crippen LogP contribution in [0.1, 0.15) is 23.5 Å². The predicted octanol–water partition coefficient (Wildman–Crippen LogP) is 4.80. The molecule has 2 nitrogen and oxygen atoms in total. The molecule has 0 saturated carbocycles. The van der Waals surface area contributed by atoms with E-state index in [1.165, 1.54) is 0 Å². The maximum Gasteiger partial charge on any atom is 0.125 e. The van der Waals surface area contributed by atoms with Crippen LogP contribution in [0.3, 0.4) is 0 Å². The van der Waals surface area contributed by atoms with Crippen molar-refractivity contribution in [3.63, 3.8) is 0 Å². The molecule has 0 radical (unpaired) electrons. The lowest BCUT2D eigenvalue weighted by molar-refractivity contribution is 0.190. The topological polar surface area (TPSA) is 29.5 Å². The van der Waals surface area contributed by atoms with E-state index < -0.39 is 6.10 Å². The van der Waals surface area contributed by atoms with Gasteiger partial charge in [-0.3, -0.25) is 0 Å². The molecule has 2 aromatic rings. The van der Waals surface area contributed by atoms with E-state index >= 15 is 0 Å². The minimum atomic E-state index is -0.603. The van der Waals surface area contributed by atoms with E-state index in [4.69, 9.17) is 16.3 Å². The number of hydrogen-bond donors (Lipinski definition) is 1. The third-order valence-corrected chi connectivity index (χ3v) is 4.32. The Morgan fingerprint density at radius 1 is 1.44 bits per heavy atom. The van der Waals surface area contributed by atoms with Crippen molar-refractivity contribution in [2.24, 2.45) is 0 Å². The molecule has 1 heterocycles. The fraction of sp³-hybridized carbons (Fsp3) is 0.231. The molecule has 1 aromatic carbocycles. The molecule has 0 amide bonds. The van der Waals surface area contributed by atoms with Crippen molar-refractivity contribution in [3.05, 3.63) is 49.6 Å². The molecule has 0 aliphatic heterocycles. The van der Waals surface area contributed by atoms with Gasteiger partial charge in [-0.1, -0.05) is 11.6 Å². The molecule has 1 unspecified atom stereocenters. The number of hydrogen-bond acceptors (Lipinski definition) is 3. The van der Waals surface area contributed by atoms with E-state index in [9.17, 15) is 5.11 Å². The van der Waals surface area contributed by atoms with Crippen LogP contribution in [0.2, 0.25) is 5.02 Å². The van der Waals surface area contributed by atoms with Crippen LogP contribution in [0.25, 0.3) is 0 Å². The first-order valence-corrected chi connectivity index (χ1v) is 7.44. The maximum atomic E-state index is 9.69. The highest BCUT2D eigenvalue weighted by molar-refractivity contribution is 9.10. The van der Waals surface area contributed by atoms with Gasteiger partial charge in [0, 0.05) is 25.3 Å². The Bertz CT molecular complexity index is 540. The number of aliphatic hydroxyl groups excluding tert-OH is 1. The van der Waals surface area contributed by atoms with Crippen LogP contribution in [0.5, 0.6) is 5.75 Å². The normalized spacial score (nSPS) is 12.4. The molecule has 0 bridgehead atoms. The lowest BCUT2D eigenvalue weighted by Crippen LogP contribution is -2.00. The average molecular weight is 348 g/mol. The van der Waals surface area contributed by atoms with Crippen molar-refractivity contribution >= 4 is 38.9 Å². The summed E-state index contributed by atoms with van der Waals surface area (Å²) in [5, 5.41) is 12.3. The van der Waals surface area contributed by atoms with Gasteiger partial charge in [-0.2, -0.15) is 0 Å². The quantitative estimate of drug-likeness (QED) is 0.861. The van der Waals surface area contributed by atoms with Gasteiger partial charge in [0.2, 0.25) is 0 Å². The molecule has 1 aromatic heterocycles. The van der Waals surface area contributed by atoms with Crippen LogP contribution in [-0.2, 0) is 6.61 Å². The number of rotatable bonds is 4. The Kier molecular flexibility index (Phi) is 4.67. The fourth-order valence-corrected chi connectivity index (χ4v) is 3.10. The van der Waals surface area contributed by atoms with Gasteiger partial charge >= 0.3 is 0 Å². The Hall–Kier alpha value is -0.550. The van der Waals surface area contributed by atoms with Crippen LogP contribution in [0, 0.1) is 0 Å². The minimum Gasteiger partial charge on any atom is -0.488 e. The summed E-state index contributed by atoms with van der Waals surface area (Å²) in [6.45, 7) is 2.18. The van der Waals surface area contributed by atoms with Gasteiger partial charge in [0.05, 0.1) is 6.10 Å². The van der Waals surface area contributed by atoms with Gasteiger partial charge in [0.25, 0.3) is 0 Å². The summed E-state index contributed by atoms with van der Waals surface area (Å²) in [7, 11) is 0. The molecule has 5 heteroatoms. The van der Waals surface area contributed by atoms with Crippen LogP contribution in [0.4, 0.5) is 0 Å². The first kappa shape index (κ1) is 13.9. The smallest absolute Gasteiger partial charge is 0.125 e. The van der Waals surface area contributed by atoms with Gasteiger partial charge in [-0.15, -0.1) is 11.3 Å². The summed E-state index contributed by atoms with van der Waals surface area (Å²) < 4.78 is 6.78. The number of halogens is 2. The van der Waals surface area contributed by atoms with Crippen molar-refractivity contribution in [1.29, 1.82) is 0 Å². The fourth-order valence-electron chi connectivity index (χ4n) is 1.56. The summed E-state index contributed by atoms with van der Waals surface area (Å²) in [5.41, 5.74) is 0.707. The van der Waals surface area contributed by atoms with E-state index in [-0.39, 0.29) is 0 Å². The Labute approximate surface area is 123 Å². The zero-order valence-corrected chi connectivity index (χ0v) is 12.8. The Morgan fingerprint density at radius 3 is 2.83 bits per heavy atom. The van der Waals surface area contributed by atoms with E-state index in [0.717, 1.165) is 9.35 Å². The molecular weight excluding hydrogens is 336 g/mol. The van der Waals surface area contributed by atoms with Crippen LogP contribution >= 0.6 is 38.9 Å². The summed E-state index contributed by atoms with van der Waals surface area (Å²) in [5.74, 6) is 0.666. The lowest BCUT2D eigenvalue weighted by atomic mass is 10.1. The van der Waals surface area contributed by atoms with Crippen LogP contribution in [0.15, 0.2) is 34.1 Å². The van der Waals surface area contributed by atoms with E-state index in [1.54, 1.807) is 36.5 Å². The zero-order chi connectivity index (χ0) is 13.1.